The normalized spacial score (nSPS) is 16.7. The average molecular weight is 373 g/mol. The van der Waals surface area contributed by atoms with Crippen molar-refractivity contribution < 1.29 is 32.3 Å². The van der Waals surface area contributed by atoms with Crippen molar-refractivity contribution in [3.8, 4) is 11.8 Å². The van der Waals surface area contributed by atoms with Crippen LogP contribution in [0.1, 0.15) is 12.0 Å². The van der Waals surface area contributed by atoms with Crippen LogP contribution in [0.2, 0.25) is 0 Å². The number of nitro groups is 1. The Morgan fingerprint density at radius 3 is 2.96 bits per heavy atom. The molecule has 1 atom stereocenters. The molecule has 0 radical (unpaired) electrons. The van der Waals surface area contributed by atoms with E-state index < -0.39 is 11.3 Å². The maximum Gasteiger partial charge on any atom is 0.573 e. The van der Waals surface area contributed by atoms with Crippen molar-refractivity contribution in [1.82, 2.24) is 9.55 Å². The number of hydrogen-bond acceptors (Lipinski definition) is 6. The van der Waals surface area contributed by atoms with Crippen LogP contribution in [-0.2, 0) is 17.9 Å². The molecule has 0 amide bonds. The van der Waals surface area contributed by atoms with Gasteiger partial charge in [0.05, 0.1) is 13.2 Å². The summed E-state index contributed by atoms with van der Waals surface area (Å²) < 4.78 is 53.1. The lowest BCUT2D eigenvalue weighted by Gasteiger charge is -2.22. The van der Waals surface area contributed by atoms with Gasteiger partial charge in [-0.1, -0.05) is 12.1 Å². The first-order valence-electron chi connectivity index (χ1n) is 7.61. The van der Waals surface area contributed by atoms with Gasteiger partial charge < -0.3 is 24.3 Å². The third-order valence-corrected chi connectivity index (χ3v) is 3.58. The first kappa shape index (κ1) is 18.0. The van der Waals surface area contributed by atoms with E-state index in [1.165, 1.54) is 24.4 Å². The van der Waals surface area contributed by atoms with E-state index >= 15 is 0 Å². The van der Waals surface area contributed by atoms with Gasteiger partial charge in [-0.25, -0.2) is 0 Å². The van der Waals surface area contributed by atoms with Crippen LogP contribution in [0.3, 0.4) is 0 Å². The molecule has 0 spiro atoms. The monoisotopic (exact) mass is 373 g/mol. The number of fused-ring (bicyclic) bond motifs is 1. The Balaban J connectivity index is 1.51. The maximum absolute atomic E-state index is 12.2. The van der Waals surface area contributed by atoms with Gasteiger partial charge in [0.2, 0.25) is 0 Å². The van der Waals surface area contributed by atoms with Crippen molar-refractivity contribution in [3.05, 3.63) is 46.1 Å². The minimum Gasteiger partial charge on any atom is -0.440 e. The molecule has 0 saturated heterocycles. The fourth-order valence-electron chi connectivity index (χ4n) is 2.48. The Bertz CT molecular complexity index is 793. The third kappa shape index (κ3) is 4.63. The predicted octanol–water partition coefficient (Wildman–Crippen LogP) is 3.06. The summed E-state index contributed by atoms with van der Waals surface area (Å²) in [5.41, 5.74) is 0.514. The third-order valence-electron chi connectivity index (χ3n) is 3.58. The molecule has 1 aliphatic heterocycles. The van der Waals surface area contributed by atoms with E-state index in [4.69, 9.17) is 9.47 Å². The average Bonchev–Trinajstić information content (AvgIpc) is 2.97. The number of benzene rings is 1. The highest BCUT2D eigenvalue weighted by molar-refractivity contribution is 5.28. The van der Waals surface area contributed by atoms with E-state index in [2.05, 4.69) is 9.72 Å². The van der Waals surface area contributed by atoms with Gasteiger partial charge in [0.25, 0.3) is 0 Å². The minimum absolute atomic E-state index is 0.0729. The van der Waals surface area contributed by atoms with Crippen LogP contribution in [0, 0.1) is 10.1 Å². The zero-order valence-electron chi connectivity index (χ0n) is 13.3. The number of hydrogen-bond donors (Lipinski definition) is 0. The predicted molar refractivity (Wildman–Crippen MR) is 80.7 cm³/mol. The summed E-state index contributed by atoms with van der Waals surface area (Å²) in [4.78, 5) is 13.9. The number of ether oxygens (including phenoxy) is 3. The van der Waals surface area contributed by atoms with Gasteiger partial charge in [-0.15, -0.1) is 13.2 Å². The summed E-state index contributed by atoms with van der Waals surface area (Å²) in [6, 6.07) is 5.64. The summed E-state index contributed by atoms with van der Waals surface area (Å²) in [5.74, 6) is -0.607. The Morgan fingerprint density at radius 1 is 1.42 bits per heavy atom. The standard InChI is InChI=1S/C15H14F3N3O5/c16-15(17,18)26-11-3-1-2-10(6-11)8-24-9-12-4-5-20-7-13(21(22)23)19-14(20)25-12/h1-3,6-7,12H,4-5,8-9H2. The molecule has 3 rings (SSSR count). The molecular weight excluding hydrogens is 359 g/mol. The summed E-state index contributed by atoms with van der Waals surface area (Å²) in [7, 11) is 0. The van der Waals surface area contributed by atoms with E-state index in [1.54, 1.807) is 10.6 Å². The van der Waals surface area contributed by atoms with E-state index in [0.29, 0.717) is 18.5 Å². The van der Waals surface area contributed by atoms with E-state index in [1.807, 2.05) is 0 Å². The molecule has 0 bridgehead atoms. The second-order valence-electron chi connectivity index (χ2n) is 5.57. The number of aryl methyl sites for hydroxylation is 1. The van der Waals surface area contributed by atoms with Gasteiger partial charge in [0.1, 0.15) is 18.1 Å². The highest BCUT2D eigenvalue weighted by Crippen LogP contribution is 2.25. The van der Waals surface area contributed by atoms with Gasteiger partial charge in [-0.05, 0) is 22.6 Å². The largest absolute Gasteiger partial charge is 0.573 e. The quantitative estimate of drug-likeness (QED) is 0.571. The molecule has 11 heteroatoms. The lowest BCUT2D eigenvalue weighted by molar-refractivity contribution is -0.389. The molecule has 2 heterocycles. The molecule has 0 saturated carbocycles. The van der Waals surface area contributed by atoms with Crippen LogP contribution in [0.4, 0.5) is 19.0 Å². The highest BCUT2D eigenvalue weighted by Gasteiger charge is 2.31. The van der Waals surface area contributed by atoms with E-state index in [0.717, 1.165) is 0 Å². The topological polar surface area (TPSA) is 88.7 Å². The maximum atomic E-state index is 12.2. The van der Waals surface area contributed by atoms with Crippen molar-refractivity contribution in [1.29, 1.82) is 0 Å². The first-order chi connectivity index (χ1) is 12.3. The number of rotatable bonds is 6. The number of aromatic nitrogens is 2. The molecule has 1 aliphatic rings. The molecule has 8 nitrogen and oxygen atoms in total. The second-order valence-corrected chi connectivity index (χ2v) is 5.57. The summed E-state index contributed by atoms with van der Waals surface area (Å²) >= 11 is 0. The fraction of sp³-hybridized carbons (Fsp3) is 0.400. The molecule has 1 aromatic carbocycles. The number of imidazole rings is 1. The summed E-state index contributed by atoms with van der Waals surface area (Å²) in [6.45, 7) is 0.744. The number of nitrogens with zero attached hydrogens (tertiary/aromatic N) is 3. The lowest BCUT2D eigenvalue weighted by Crippen LogP contribution is -2.30. The number of alkyl halides is 3. The van der Waals surface area contributed by atoms with Crippen LogP contribution < -0.4 is 9.47 Å². The molecule has 1 unspecified atom stereocenters. The highest BCUT2D eigenvalue weighted by atomic mass is 19.4. The Hall–Kier alpha value is -2.82. The minimum atomic E-state index is -4.75. The number of halogens is 3. The Kier molecular flexibility index (Phi) is 4.98. The van der Waals surface area contributed by atoms with E-state index in [-0.39, 0.29) is 36.9 Å². The molecule has 2 aromatic rings. The summed E-state index contributed by atoms with van der Waals surface area (Å²) in [5, 5.41) is 10.7. The van der Waals surface area contributed by atoms with Gasteiger partial charge in [-0.2, -0.15) is 0 Å². The van der Waals surface area contributed by atoms with Crippen molar-refractivity contribution in [2.75, 3.05) is 6.61 Å². The van der Waals surface area contributed by atoms with Gasteiger partial charge in [-0.3, -0.25) is 4.57 Å². The zero-order chi connectivity index (χ0) is 18.7. The molecule has 1 aromatic heterocycles. The van der Waals surface area contributed by atoms with Crippen LogP contribution in [0.25, 0.3) is 0 Å². The van der Waals surface area contributed by atoms with Gasteiger partial charge in [0.15, 0.2) is 0 Å². The Morgan fingerprint density at radius 2 is 2.23 bits per heavy atom. The van der Waals surface area contributed by atoms with Gasteiger partial charge >= 0.3 is 18.2 Å². The fourth-order valence-corrected chi connectivity index (χ4v) is 2.48. The molecule has 0 aliphatic carbocycles. The van der Waals surface area contributed by atoms with Crippen molar-refractivity contribution >= 4 is 5.82 Å². The molecular formula is C15H14F3N3O5. The molecule has 26 heavy (non-hydrogen) atoms. The summed E-state index contributed by atoms with van der Waals surface area (Å²) in [6.07, 6.45) is -3.23. The van der Waals surface area contributed by atoms with Crippen LogP contribution in [0.5, 0.6) is 11.8 Å². The van der Waals surface area contributed by atoms with Crippen molar-refractivity contribution in [2.45, 2.75) is 32.0 Å². The van der Waals surface area contributed by atoms with Crippen LogP contribution in [0.15, 0.2) is 30.5 Å². The molecule has 140 valence electrons. The van der Waals surface area contributed by atoms with Crippen molar-refractivity contribution in [3.63, 3.8) is 0 Å². The smallest absolute Gasteiger partial charge is 0.440 e. The van der Waals surface area contributed by atoms with Crippen molar-refractivity contribution in [2.24, 2.45) is 0 Å². The SMILES string of the molecule is O=[N+]([O-])c1cn2c(n1)OC(COCc1cccc(OC(F)(F)F)c1)CC2. The molecule has 0 N–H and O–H groups in total. The second kappa shape index (κ2) is 7.20. The zero-order valence-corrected chi connectivity index (χ0v) is 13.3. The first-order valence-corrected chi connectivity index (χ1v) is 7.61. The van der Waals surface area contributed by atoms with Gasteiger partial charge in [0, 0.05) is 17.9 Å². The van der Waals surface area contributed by atoms with Crippen LogP contribution >= 0.6 is 0 Å². The molecule has 0 fully saturated rings. The van der Waals surface area contributed by atoms with Crippen LogP contribution in [-0.4, -0.2) is 33.5 Å². The lowest BCUT2D eigenvalue weighted by atomic mass is 10.2. The van der Waals surface area contributed by atoms with E-state index in [9.17, 15) is 23.3 Å². The Labute approximate surface area is 145 Å².